The number of pyridine rings is 1. The molecule has 0 aliphatic carbocycles. The van der Waals surface area contributed by atoms with Crippen molar-refractivity contribution in [2.45, 2.75) is 25.0 Å². The number of nitrogens with two attached hydrogens (primary N) is 1. The van der Waals surface area contributed by atoms with Crippen LogP contribution in [0, 0.1) is 5.82 Å². The molecular formula is C19H17F5N4O3. The summed E-state index contributed by atoms with van der Waals surface area (Å²) in [4.78, 5) is 19.8. The first-order valence-electron chi connectivity index (χ1n) is 8.84. The first kappa shape index (κ1) is 22.4. The topological polar surface area (TPSA) is 98.8 Å². The number of benzene rings is 1. The molecule has 3 N–H and O–H groups in total. The van der Waals surface area contributed by atoms with Gasteiger partial charge < -0.3 is 20.5 Å². The third-order valence-electron chi connectivity index (χ3n) is 4.56. The molecular weight excluding hydrogens is 427 g/mol. The van der Waals surface area contributed by atoms with Crippen molar-refractivity contribution in [1.29, 1.82) is 0 Å². The molecule has 2 heterocycles. The number of amidine groups is 1. The number of amides is 1. The Morgan fingerprint density at radius 1 is 1.29 bits per heavy atom. The molecule has 1 aromatic heterocycles. The van der Waals surface area contributed by atoms with Gasteiger partial charge in [0.1, 0.15) is 36.3 Å². The number of halogens is 5. The number of anilines is 1. The first-order chi connectivity index (χ1) is 14.5. The van der Waals surface area contributed by atoms with Crippen LogP contribution in [-0.4, -0.2) is 42.5 Å². The number of carbonyl (C=O) groups excluding carboxylic acids is 1. The number of hydrogen-bond acceptors (Lipinski definition) is 6. The molecule has 2 aromatic rings. The third kappa shape index (κ3) is 4.74. The van der Waals surface area contributed by atoms with Gasteiger partial charge in [0, 0.05) is 11.3 Å². The van der Waals surface area contributed by atoms with Gasteiger partial charge in [0.25, 0.3) is 11.8 Å². The maximum absolute atomic E-state index is 14.7. The smallest absolute Gasteiger partial charge is 0.387 e. The monoisotopic (exact) mass is 444 g/mol. The van der Waals surface area contributed by atoms with E-state index in [0.29, 0.717) is 0 Å². The van der Waals surface area contributed by atoms with Gasteiger partial charge in [-0.15, -0.1) is 0 Å². The van der Waals surface area contributed by atoms with E-state index in [1.54, 1.807) is 0 Å². The summed E-state index contributed by atoms with van der Waals surface area (Å²) in [7, 11) is 0. The van der Waals surface area contributed by atoms with E-state index < -0.39 is 42.0 Å². The van der Waals surface area contributed by atoms with Crippen molar-refractivity contribution < 1.29 is 36.2 Å². The van der Waals surface area contributed by atoms with Gasteiger partial charge in [-0.25, -0.2) is 18.2 Å². The van der Waals surface area contributed by atoms with Crippen molar-refractivity contribution in [3.8, 4) is 5.75 Å². The number of nitrogens with one attached hydrogen (secondary N) is 1. The second kappa shape index (κ2) is 8.46. The molecule has 166 valence electrons. The Bertz CT molecular complexity index is 1000. The first-order valence-corrected chi connectivity index (χ1v) is 8.84. The Morgan fingerprint density at radius 3 is 2.68 bits per heavy atom. The highest BCUT2D eigenvalue weighted by Crippen LogP contribution is 2.44. The zero-order valence-electron chi connectivity index (χ0n) is 16.0. The number of ether oxygens (including phenoxy) is 2. The van der Waals surface area contributed by atoms with Crippen molar-refractivity contribution in [3.05, 3.63) is 53.6 Å². The molecule has 1 amide bonds. The lowest BCUT2D eigenvalue weighted by atomic mass is 9.85. The summed E-state index contributed by atoms with van der Waals surface area (Å²) in [6, 6.07) is 5.30. The van der Waals surface area contributed by atoms with E-state index in [1.165, 1.54) is 0 Å². The Morgan fingerprint density at radius 2 is 2.03 bits per heavy atom. The van der Waals surface area contributed by atoms with Gasteiger partial charge in [-0.2, -0.15) is 8.78 Å². The van der Waals surface area contributed by atoms with Crippen molar-refractivity contribution in [1.82, 2.24) is 4.98 Å². The lowest BCUT2D eigenvalue weighted by molar-refractivity contribution is -0.116. The van der Waals surface area contributed by atoms with Crippen LogP contribution in [0.2, 0.25) is 0 Å². The zero-order chi connectivity index (χ0) is 22.8. The van der Waals surface area contributed by atoms with Gasteiger partial charge in [0.05, 0.1) is 6.20 Å². The molecule has 7 nitrogen and oxygen atoms in total. The molecule has 0 radical (unpaired) electrons. The van der Waals surface area contributed by atoms with Crippen LogP contribution in [0.5, 0.6) is 5.75 Å². The molecule has 1 aliphatic rings. The van der Waals surface area contributed by atoms with Crippen LogP contribution in [-0.2, 0) is 10.3 Å². The maximum atomic E-state index is 14.7. The lowest BCUT2D eigenvalue weighted by Gasteiger charge is -2.33. The minimum atomic E-state index is -3.60. The van der Waals surface area contributed by atoms with Gasteiger partial charge in [0.15, 0.2) is 5.54 Å². The highest BCUT2D eigenvalue weighted by Gasteiger charge is 2.54. The Labute approximate surface area is 173 Å². The number of aromatic nitrogens is 1. The molecule has 1 aliphatic heterocycles. The minimum absolute atomic E-state index is 0.0212. The van der Waals surface area contributed by atoms with Crippen LogP contribution in [0.15, 0.2) is 41.5 Å². The summed E-state index contributed by atoms with van der Waals surface area (Å²) >= 11 is 0. The molecule has 0 saturated carbocycles. The van der Waals surface area contributed by atoms with Crippen molar-refractivity contribution in [3.63, 3.8) is 0 Å². The van der Waals surface area contributed by atoms with E-state index in [1.807, 2.05) is 0 Å². The Hall–Kier alpha value is -3.28. The van der Waals surface area contributed by atoms with Crippen LogP contribution < -0.4 is 15.8 Å². The molecule has 3 rings (SSSR count). The average Bonchev–Trinajstić information content (AvgIpc) is 2.78. The highest BCUT2D eigenvalue weighted by molar-refractivity contribution is 6.02. The molecule has 1 aromatic carbocycles. The fourth-order valence-corrected chi connectivity index (χ4v) is 2.94. The van der Waals surface area contributed by atoms with Gasteiger partial charge in [-0.05, 0) is 37.3 Å². The number of nitrogens with zero attached hydrogens (tertiary/aromatic N) is 2. The predicted molar refractivity (Wildman–Crippen MR) is 100.0 cm³/mol. The SMILES string of the molecule is C[C@]1(c2cc(NC(=O)c3ccc(OC(F)F)cn3)ccc2F)N=C(N)COCC1(F)F. The Balaban J connectivity index is 1.89. The quantitative estimate of drug-likeness (QED) is 0.690. The van der Waals surface area contributed by atoms with E-state index >= 15 is 0 Å². The second-order valence-electron chi connectivity index (χ2n) is 6.78. The molecule has 0 unspecified atom stereocenters. The van der Waals surface area contributed by atoms with Crippen LogP contribution in [0.3, 0.4) is 0 Å². The van der Waals surface area contributed by atoms with Crippen molar-refractivity contribution >= 4 is 17.4 Å². The molecule has 12 heteroatoms. The van der Waals surface area contributed by atoms with Crippen molar-refractivity contribution in [2.75, 3.05) is 18.5 Å². The normalized spacial score (nSPS) is 20.7. The second-order valence-corrected chi connectivity index (χ2v) is 6.78. The van der Waals surface area contributed by atoms with E-state index in [0.717, 1.165) is 43.5 Å². The average molecular weight is 444 g/mol. The zero-order valence-corrected chi connectivity index (χ0v) is 16.0. The third-order valence-corrected chi connectivity index (χ3v) is 4.56. The largest absolute Gasteiger partial charge is 0.433 e. The van der Waals surface area contributed by atoms with Gasteiger partial charge in [-0.1, -0.05) is 0 Å². The number of aliphatic imine (C=N–C) groups is 1. The summed E-state index contributed by atoms with van der Waals surface area (Å²) < 4.78 is 77.3. The van der Waals surface area contributed by atoms with E-state index in [-0.39, 0.29) is 29.6 Å². The highest BCUT2D eigenvalue weighted by atomic mass is 19.3. The predicted octanol–water partition coefficient (Wildman–Crippen LogP) is 3.31. The molecule has 0 fully saturated rings. The summed E-state index contributed by atoms with van der Waals surface area (Å²) in [6.07, 6.45) is 0.918. The van der Waals surface area contributed by atoms with Gasteiger partial charge in [0.2, 0.25) is 0 Å². The van der Waals surface area contributed by atoms with Crippen LogP contribution in [0.25, 0.3) is 0 Å². The van der Waals surface area contributed by atoms with Crippen LogP contribution >= 0.6 is 0 Å². The van der Waals surface area contributed by atoms with Crippen LogP contribution in [0.1, 0.15) is 23.0 Å². The number of carbonyl (C=O) groups is 1. The maximum Gasteiger partial charge on any atom is 0.387 e. The van der Waals surface area contributed by atoms with Crippen LogP contribution in [0.4, 0.5) is 27.6 Å². The molecule has 1 atom stereocenters. The molecule has 0 saturated heterocycles. The summed E-state index contributed by atoms with van der Waals surface area (Å²) in [5, 5.41) is 2.38. The standard InChI is InChI=1S/C19H17F5N4O3/c1-18(19(23,24)9-30-8-15(25)28-18)12-6-10(2-4-13(12)20)27-16(29)14-5-3-11(7-26-14)31-17(21)22/h2-7,17H,8-9H2,1H3,(H2,25,28)(H,27,29)/t18-/m1/s1. The molecule has 0 bridgehead atoms. The summed E-state index contributed by atoms with van der Waals surface area (Å²) in [6.45, 7) is -3.40. The number of alkyl halides is 4. The van der Waals surface area contributed by atoms with Gasteiger partial charge >= 0.3 is 6.61 Å². The van der Waals surface area contributed by atoms with Gasteiger partial charge in [-0.3, -0.25) is 9.79 Å². The lowest BCUT2D eigenvalue weighted by Crippen LogP contribution is -2.45. The Kier molecular flexibility index (Phi) is 6.11. The minimum Gasteiger partial charge on any atom is -0.433 e. The number of hydrogen-bond donors (Lipinski definition) is 2. The van der Waals surface area contributed by atoms with E-state index in [2.05, 4.69) is 20.0 Å². The van der Waals surface area contributed by atoms with E-state index in [9.17, 15) is 26.7 Å². The number of rotatable bonds is 5. The summed E-state index contributed by atoms with van der Waals surface area (Å²) in [5.74, 6) is -5.85. The van der Waals surface area contributed by atoms with Crippen molar-refractivity contribution in [2.24, 2.45) is 10.7 Å². The fourth-order valence-electron chi connectivity index (χ4n) is 2.94. The summed E-state index contributed by atoms with van der Waals surface area (Å²) in [5.41, 5.74) is 2.51. The molecule has 0 spiro atoms. The van der Waals surface area contributed by atoms with E-state index in [4.69, 9.17) is 10.5 Å². The molecule has 31 heavy (non-hydrogen) atoms. The fraction of sp³-hybridized carbons (Fsp3) is 0.316.